The number of hydrogen-bond donors (Lipinski definition) is 2. The van der Waals surface area contributed by atoms with Crippen LogP contribution in [0.1, 0.15) is 31.7 Å². The zero-order chi connectivity index (χ0) is 16.9. The number of piperazine rings is 1. The summed E-state index contributed by atoms with van der Waals surface area (Å²) in [6.07, 6.45) is 2.31. The Balaban J connectivity index is 1.69. The summed E-state index contributed by atoms with van der Waals surface area (Å²) < 4.78 is 5.68. The third-order valence-electron chi connectivity index (χ3n) is 4.41. The Morgan fingerprint density at radius 3 is 2.92 bits per heavy atom. The molecule has 2 N–H and O–H groups in total. The van der Waals surface area contributed by atoms with Crippen LogP contribution in [-0.2, 0) is 16.1 Å². The van der Waals surface area contributed by atoms with Gasteiger partial charge in [0.25, 0.3) is 0 Å². The van der Waals surface area contributed by atoms with E-state index in [0.29, 0.717) is 25.7 Å². The van der Waals surface area contributed by atoms with Crippen LogP contribution in [0.3, 0.4) is 0 Å². The monoisotopic (exact) mass is 331 g/mol. The maximum Gasteiger partial charge on any atom is 0.237 e. The smallest absolute Gasteiger partial charge is 0.237 e. The summed E-state index contributed by atoms with van der Waals surface area (Å²) >= 11 is 0. The normalized spacial score (nSPS) is 21.2. The molecule has 1 aromatic carbocycles. The lowest BCUT2D eigenvalue weighted by Crippen LogP contribution is -2.56. The lowest BCUT2D eigenvalue weighted by molar-refractivity contribution is -0.134. The molecule has 2 aliphatic rings. The molecule has 1 saturated carbocycles. The van der Waals surface area contributed by atoms with Crippen molar-refractivity contribution in [3.05, 3.63) is 29.8 Å². The van der Waals surface area contributed by atoms with E-state index in [0.717, 1.165) is 30.7 Å². The Morgan fingerprint density at radius 1 is 1.38 bits per heavy atom. The second-order valence-corrected chi connectivity index (χ2v) is 6.36. The maximum absolute atomic E-state index is 12.3. The number of amides is 2. The van der Waals surface area contributed by atoms with E-state index in [1.807, 2.05) is 31.2 Å². The molecule has 6 heteroatoms. The number of benzene rings is 1. The van der Waals surface area contributed by atoms with E-state index in [9.17, 15) is 9.59 Å². The van der Waals surface area contributed by atoms with Gasteiger partial charge in [0.15, 0.2) is 0 Å². The van der Waals surface area contributed by atoms with E-state index < -0.39 is 6.04 Å². The van der Waals surface area contributed by atoms with E-state index in [1.165, 1.54) is 0 Å². The average Bonchev–Trinajstić information content (AvgIpc) is 3.37. The van der Waals surface area contributed by atoms with Gasteiger partial charge in [-0.2, -0.15) is 0 Å². The highest BCUT2D eigenvalue weighted by Crippen LogP contribution is 2.23. The first-order chi connectivity index (χ1) is 11.7. The number of nitrogens with one attached hydrogen (secondary N) is 2. The van der Waals surface area contributed by atoms with E-state index >= 15 is 0 Å². The Hall–Kier alpha value is -2.08. The van der Waals surface area contributed by atoms with Gasteiger partial charge in [-0.3, -0.25) is 14.5 Å². The second-order valence-electron chi connectivity index (χ2n) is 6.36. The van der Waals surface area contributed by atoms with Gasteiger partial charge in [-0.05, 0) is 25.8 Å². The third kappa shape index (κ3) is 4.26. The van der Waals surface area contributed by atoms with E-state index in [1.54, 1.807) is 0 Å². The number of rotatable bonds is 7. The SMILES string of the molecule is CCOc1ccccc1CN1CCNC(=O)C1CC(=O)NC1CC1. The summed E-state index contributed by atoms with van der Waals surface area (Å²) in [5, 5.41) is 5.84. The van der Waals surface area contributed by atoms with Crippen molar-refractivity contribution in [2.24, 2.45) is 0 Å². The van der Waals surface area contributed by atoms with Gasteiger partial charge in [0.05, 0.1) is 19.1 Å². The van der Waals surface area contributed by atoms with Crippen LogP contribution in [0, 0.1) is 0 Å². The summed E-state index contributed by atoms with van der Waals surface area (Å²) in [5.74, 6) is 0.732. The second kappa shape index (κ2) is 7.66. The van der Waals surface area contributed by atoms with Gasteiger partial charge >= 0.3 is 0 Å². The lowest BCUT2D eigenvalue weighted by Gasteiger charge is -2.35. The summed E-state index contributed by atoms with van der Waals surface area (Å²) in [6.45, 7) is 4.50. The lowest BCUT2D eigenvalue weighted by atomic mass is 10.1. The number of ether oxygens (including phenoxy) is 1. The molecule has 1 saturated heterocycles. The zero-order valence-electron chi connectivity index (χ0n) is 14.1. The highest BCUT2D eigenvalue weighted by Gasteiger charge is 2.33. The van der Waals surface area contributed by atoms with Gasteiger partial charge in [-0.15, -0.1) is 0 Å². The fourth-order valence-corrected chi connectivity index (χ4v) is 3.01. The van der Waals surface area contributed by atoms with Crippen LogP contribution in [0.4, 0.5) is 0 Å². The van der Waals surface area contributed by atoms with Crippen molar-refractivity contribution in [1.29, 1.82) is 0 Å². The zero-order valence-corrected chi connectivity index (χ0v) is 14.1. The Bertz CT molecular complexity index is 601. The topological polar surface area (TPSA) is 70.7 Å². The van der Waals surface area contributed by atoms with Crippen molar-refractivity contribution in [3.8, 4) is 5.75 Å². The largest absolute Gasteiger partial charge is 0.494 e. The molecule has 1 aromatic rings. The summed E-state index contributed by atoms with van der Waals surface area (Å²) in [5.41, 5.74) is 1.04. The predicted octanol–water partition coefficient (Wildman–Crippen LogP) is 1.05. The Morgan fingerprint density at radius 2 is 2.17 bits per heavy atom. The number of hydrogen-bond acceptors (Lipinski definition) is 4. The molecule has 1 aliphatic carbocycles. The molecule has 130 valence electrons. The summed E-state index contributed by atoms with van der Waals surface area (Å²) in [4.78, 5) is 26.5. The number of carbonyl (C=O) groups excluding carboxylic acids is 2. The molecular formula is C18H25N3O3. The first-order valence-corrected chi connectivity index (χ1v) is 8.69. The van der Waals surface area contributed by atoms with Gasteiger partial charge in [-0.1, -0.05) is 18.2 Å². The molecule has 1 unspecified atom stereocenters. The average molecular weight is 331 g/mol. The molecule has 0 spiro atoms. The van der Waals surface area contributed by atoms with Crippen LogP contribution >= 0.6 is 0 Å². The molecular weight excluding hydrogens is 306 g/mol. The fourth-order valence-electron chi connectivity index (χ4n) is 3.01. The first-order valence-electron chi connectivity index (χ1n) is 8.69. The highest BCUT2D eigenvalue weighted by molar-refractivity contribution is 5.89. The molecule has 1 aliphatic heterocycles. The molecule has 3 rings (SSSR count). The van der Waals surface area contributed by atoms with Gasteiger partial charge in [0.1, 0.15) is 5.75 Å². The van der Waals surface area contributed by atoms with Gasteiger partial charge in [0.2, 0.25) is 11.8 Å². The Labute approximate surface area is 142 Å². The van der Waals surface area contributed by atoms with Crippen molar-refractivity contribution >= 4 is 11.8 Å². The van der Waals surface area contributed by atoms with Crippen LogP contribution in [-0.4, -0.2) is 48.5 Å². The summed E-state index contributed by atoms with van der Waals surface area (Å²) in [7, 11) is 0. The molecule has 6 nitrogen and oxygen atoms in total. The fraction of sp³-hybridized carbons (Fsp3) is 0.556. The standard InChI is InChI=1S/C18H25N3O3/c1-2-24-16-6-4-3-5-13(16)12-21-10-9-19-18(23)15(21)11-17(22)20-14-7-8-14/h3-6,14-15H,2,7-12H2,1H3,(H,19,23)(H,20,22). The van der Waals surface area contributed by atoms with Crippen molar-refractivity contribution in [1.82, 2.24) is 15.5 Å². The predicted molar refractivity (Wildman–Crippen MR) is 90.6 cm³/mol. The molecule has 2 amide bonds. The molecule has 1 heterocycles. The van der Waals surface area contributed by atoms with Crippen molar-refractivity contribution in [2.45, 2.75) is 44.8 Å². The van der Waals surface area contributed by atoms with Crippen LogP contribution in [0.2, 0.25) is 0 Å². The van der Waals surface area contributed by atoms with Gasteiger partial charge < -0.3 is 15.4 Å². The van der Waals surface area contributed by atoms with Crippen molar-refractivity contribution in [2.75, 3.05) is 19.7 Å². The molecule has 0 bridgehead atoms. The van der Waals surface area contributed by atoms with Crippen molar-refractivity contribution < 1.29 is 14.3 Å². The van der Waals surface area contributed by atoms with E-state index in [2.05, 4.69) is 15.5 Å². The van der Waals surface area contributed by atoms with Crippen LogP contribution < -0.4 is 15.4 Å². The summed E-state index contributed by atoms with van der Waals surface area (Å²) in [6, 6.07) is 7.76. The Kier molecular flexibility index (Phi) is 5.35. The van der Waals surface area contributed by atoms with E-state index in [4.69, 9.17) is 4.74 Å². The molecule has 24 heavy (non-hydrogen) atoms. The van der Waals surface area contributed by atoms with Crippen LogP contribution in [0.25, 0.3) is 0 Å². The molecule has 2 fully saturated rings. The molecule has 0 radical (unpaired) electrons. The van der Waals surface area contributed by atoms with Gasteiger partial charge in [-0.25, -0.2) is 0 Å². The number of nitrogens with zero attached hydrogens (tertiary/aromatic N) is 1. The minimum absolute atomic E-state index is 0.0392. The minimum atomic E-state index is -0.424. The highest BCUT2D eigenvalue weighted by atomic mass is 16.5. The molecule has 0 aromatic heterocycles. The molecule has 1 atom stereocenters. The maximum atomic E-state index is 12.3. The van der Waals surface area contributed by atoms with Gasteiger partial charge in [0, 0.05) is 31.2 Å². The van der Waals surface area contributed by atoms with Crippen LogP contribution in [0.15, 0.2) is 24.3 Å². The third-order valence-corrected chi connectivity index (χ3v) is 4.41. The van der Waals surface area contributed by atoms with Crippen LogP contribution in [0.5, 0.6) is 5.75 Å². The quantitative estimate of drug-likeness (QED) is 0.784. The number of para-hydroxylation sites is 1. The number of carbonyl (C=O) groups is 2. The minimum Gasteiger partial charge on any atom is -0.494 e. The van der Waals surface area contributed by atoms with E-state index in [-0.39, 0.29) is 18.2 Å². The van der Waals surface area contributed by atoms with Crippen molar-refractivity contribution in [3.63, 3.8) is 0 Å². The first kappa shape index (κ1) is 16.8.